The number of carbonyl (C=O) groups is 4. The van der Waals surface area contributed by atoms with E-state index >= 15 is 0 Å². The molecule has 0 spiro atoms. The molecule has 1 aromatic carbocycles. The molecule has 1 aliphatic heterocycles. The first-order valence-electron chi connectivity index (χ1n) is 13.0. The molecule has 11 N–H and O–H groups in total. The number of carbonyl (C=O) groups excluding carboxylic acids is 3. The molecule has 2 rings (SSSR count). The van der Waals surface area contributed by atoms with Crippen LogP contribution < -0.4 is 33.6 Å². The van der Waals surface area contributed by atoms with E-state index in [0.29, 0.717) is 25.7 Å². The number of ether oxygens (including phenoxy) is 1. The van der Waals surface area contributed by atoms with Crippen molar-refractivity contribution in [3.63, 3.8) is 0 Å². The molecule has 0 aromatic heterocycles. The van der Waals surface area contributed by atoms with E-state index in [4.69, 9.17) is 27.7 Å². The fourth-order valence-electron chi connectivity index (χ4n) is 4.20. The van der Waals surface area contributed by atoms with Crippen LogP contribution in [0.3, 0.4) is 0 Å². The number of hydrogen-bond acceptors (Lipinski definition) is 7. The van der Waals surface area contributed by atoms with Crippen LogP contribution in [-0.4, -0.2) is 83.6 Å². The minimum Gasteiger partial charge on any atom is -0.480 e. The zero-order valence-electron chi connectivity index (χ0n) is 22.3. The van der Waals surface area contributed by atoms with Gasteiger partial charge in [-0.1, -0.05) is 30.3 Å². The number of nitrogens with zero attached hydrogens (tertiary/aromatic N) is 3. The van der Waals surface area contributed by atoms with Gasteiger partial charge in [0.05, 0.1) is 0 Å². The lowest BCUT2D eigenvalue weighted by Crippen LogP contribution is -2.55. The maximum absolute atomic E-state index is 13.4. The first-order valence-corrected chi connectivity index (χ1v) is 13.0. The minimum atomic E-state index is -1.11. The van der Waals surface area contributed by atoms with E-state index < -0.39 is 42.0 Å². The van der Waals surface area contributed by atoms with Gasteiger partial charge in [0.1, 0.15) is 24.7 Å². The molecule has 0 bridgehead atoms. The Kier molecular flexibility index (Phi) is 13.0. The summed E-state index contributed by atoms with van der Waals surface area (Å²) in [5.74, 6) is -2.52. The second kappa shape index (κ2) is 16.4. The predicted molar refractivity (Wildman–Crippen MR) is 148 cm³/mol. The number of aliphatic carboxylic acids is 1. The molecule has 3 atom stereocenters. The molecular weight excluding hydrogens is 522 g/mol. The highest BCUT2D eigenvalue weighted by atomic mass is 16.5. The third-order valence-electron chi connectivity index (χ3n) is 6.15. The van der Waals surface area contributed by atoms with E-state index in [-0.39, 0.29) is 51.0 Å². The number of rotatable bonds is 15. The van der Waals surface area contributed by atoms with Crippen molar-refractivity contribution in [2.45, 2.75) is 63.3 Å². The molecule has 15 heteroatoms. The van der Waals surface area contributed by atoms with Gasteiger partial charge in [-0.3, -0.25) is 19.6 Å². The van der Waals surface area contributed by atoms with Gasteiger partial charge in [0.2, 0.25) is 11.8 Å². The van der Waals surface area contributed by atoms with E-state index in [2.05, 4.69) is 20.6 Å². The molecule has 1 aromatic rings. The van der Waals surface area contributed by atoms with E-state index in [9.17, 15) is 24.3 Å². The van der Waals surface area contributed by atoms with Crippen LogP contribution in [0.1, 0.15) is 44.1 Å². The van der Waals surface area contributed by atoms with E-state index in [1.165, 1.54) is 4.90 Å². The first-order chi connectivity index (χ1) is 19.1. The number of alkyl carbamates (subject to hydrolysis) is 1. The zero-order valence-corrected chi connectivity index (χ0v) is 22.3. The molecule has 0 aliphatic carbocycles. The second-order valence-corrected chi connectivity index (χ2v) is 9.25. The van der Waals surface area contributed by atoms with Crippen molar-refractivity contribution in [2.75, 3.05) is 19.6 Å². The van der Waals surface area contributed by atoms with Gasteiger partial charge >= 0.3 is 12.1 Å². The van der Waals surface area contributed by atoms with E-state index in [1.54, 1.807) is 24.3 Å². The van der Waals surface area contributed by atoms with Crippen LogP contribution in [0.25, 0.3) is 0 Å². The highest BCUT2D eigenvalue weighted by Gasteiger charge is 2.38. The molecule has 1 fully saturated rings. The first kappa shape index (κ1) is 31.7. The summed E-state index contributed by atoms with van der Waals surface area (Å²) < 4.78 is 5.25. The van der Waals surface area contributed by atoms with Crippen molar-refractivity contribution in [1.29, 1.82) is 0 Å². The summed E-state index contributed by atoms with van der Waals surface area (Å²) in [7, 11) is 0. The molecular formula is C25H39N9O6. The molecule has 15 nitrogen and oxygen atoms in total. The number of guanidine groups is 2. The predicted octanol–water partition coefficient (Wildman–Crippen LogP) is -1.05. The molecule has 0 radical (unpaired) electrons. The van der Waals surface area contributed by atoms with E-state index in [0.717, 1.165) is 5.56 Å². The van der Waals surface area contributed by atoms with Crippen LogP contribution in [0.2, 0.25) is 0 Å². The molecule has 0 saturated carbocycles. The number of aliphatic imine (C=N–C) groups is 2. The van der Waals surface area contributed by atoms with Gasteiger partial charge in [-0.05, 0) is 44.1 Å². The van der Waals surface area contributed by atoms with Crippen LogP contribution in [0, 0.1) is 0 Å². The molecule has 1 aliphatic rings. The summed E-state index contributed by atoms with van der Waals surface area (Å²) in [6.07, 6.45) is 0.972. The van der Waals surface area contributed by atoms with Crippen molar-refractivity contribution in [2.24, 2.45) is 32.9 Å². The Morgan fingerprint density at radius 1 is 0.950 bits per heavy atom. The fraction of sp³-hybridized carbons (Fsp3) is 0.520. The summed E-state index contributed by atoms with van der Waals surface area (Å²) in [5.41, 5.74) is 22.2. The third kappa shape index (κ3) is 11.0. The molecule has 3 amide bonds. The Labute approximate surface area is 232 Å². The van der Waals surface area contributed by atoms with Crippen molar-refractivity contribution >= 4 is 35.8 Å². The third-order valence-corrected chi connectivity index (χ3v) is 6.15. The van der Waals surface area contributed by atoms with Crippen LogP contribution in [-0.2, 0) is 25.7 Å². The number of likely N-dealkylation sites (tertiary alicyclic amines) is 1. The van der Waals surface area contributed by atoms with Gasteiger partial charge in [-0.2, -0.15) is 0 Å². The van der Waals surface area contributed by atoms with Gasteiger partial charge in [0.15, 0.2) is 11.9 Å². The van der Waals surface area contributed by atoms with Crippen molar-refractivity contribution < 1.29 is 29.0 Å². The fourth-order valence-corrected chi connectivity index (χ4v) is 4.20. The zero-order chi connectivity index (χ0) is 29.5. The van der Waals surface area contributed by atoms with E-state index in [1.807, 2.05) is 6.07 Å². The summed E-state index contributed by atoms with van der Waals surface area (Å²) in [5, 5.41) is 14.8. The Balaban J connectivity index is 2.14. The molecule has 1 saturated heterocycles. The minimum absolute atomic E-state index is 0.00749. The molecule has 220 valence electrons. The number of carboxylic acid groups (broad SMARTS) is 1. The standard InChI is InChI=1S/C25H39N9O6/c26-23(27)30-12-4-9-17(33-25(39)40-15-16-7-2-1-3-8-16)20(35)32-18(10-5-13-31-24(28)29)21(36)34-14-6-11-19(34)22(37)38/h1-3,7-8,17-19H,4-6,9-15H2,(H,32,35)(H,33,39)(H,37,38)(H4,26,27,30)(H4,28,29,31). The smallest absolute Gasteiger partial charge is 0.408 e. The lowest BCUT2D eigenvalue weighted by molar-refractivity contribution is -0.149. The Bertz CT molecular complexity index is 1060. The van der Waals surface area contributed by atoms with Crippen LogP contribution in [0.4, 0.5) is 4.79 Å². The lowest BCUT2D eigenvalue weighted by atomic mass is 10.1. The van der Waals surface area contributed by atoms with Gasteiger partial charge in [-0.25, -0.2) is 9.59 Å². The maximum Gasteiger partial charge on any atom is 0.408 e. The molecule has 40 heavy (non-hydrogen) atoms. The Morgan fingerprint density at radius 2 is 1.55 bits per heavy atom. The second-order valence-electron chi connectivity index (χ2n) is 9.25. The van der Waals surface area contributed by atoms with Gasteiger partial charge < -0.3 is 48.3 Å². The van der Waals surface area contributed by atoms with Gasteiger partial charge in [0, 0.05) is 19.6 Å². The quantitative estimate of drug-likeness (QED) is 0.0776. The van der Waals surface area contributed by atoms with Crippen molar-refractivity contribution in [1.82, 2.24) is 15.5 Å². The van der Waals surface area contributed by atoms with Crippen molar-refractivity contribution in [3.05, 3.63) is 35.9 Å². The summed E-state index contributed by atoms with van der Waals surface area (Å²) in [6, 6.07) is 5.87. The average Bonchev–Trinajstić information content (AvgIpc) is 3.41. The monoisotopic (exact) mass is 561 g/mol. The molecule has 1 heterocycles. The summed E-state index contributed by atoms with van der Waals surface area (Å²) in [6.45, 7) is 0.659. The normalized spacial score (nSPS) is 15.8. The average molecular weight is 562 g/mol. The summed E-state index contributed by atoms with van der Waals surface area (Å²) >= 11 is 0. The Hall–Kier alpha value is -4.56. The lowest BCUT2D eigenvalue weighted by Gasteiger charge is -2.28. The highest BCUT2D eigenvalue weighted by Crippen LogP contribution is 2.20. The number of hydrogen-bond donors (Lipinski definition) is 7. The van der Waals surface area contributed by atoms with Crippen LogP contribution >= 0.6 is 0 Å². The number of carboxylic acids is 1. The van der Waals surface area contributed by atoms with Crippen LogP contribution in [0.5, 0.6) is 0 Å². The molecule has 3 unspecified atom stereocenters. The van der Waals surface area contributed by atoms with Crippen molar-refractivity contribution in [3.8, 4) is 0 Å². The van der Waals surface area contributed by atoms with Gasteiger partial charge in [-0.15, -0.1) is 0 Å². The number of amides is 3. The number of nitrogens with two attached hydrogens (primary N) is 4. The number of nitrogens with one attached hydrogen (secondary N) is 2. The number of benzene rings is 1. The topological polar surface area (TPSA) is 254 Å². The summed E-state index contributed by atoms with van der Waals surface area (Å²) in [4.78, 5) is 60.0. The van der Waals surface area contributed by atoms with Gasteiger partial charge in [0.25, 0.3) is 0 Å². The largest absolute Gasteiger partial charge is 0.480 e. The SMILES string of the molecule is NC(N)=NCCCC(NC(=O)OCc1ccccc1)C(=O)NC(CCCN=C(N)N)C(=O)N1CCCC1C(=O)O. The Morgan fingerprint density at radius 3 is 2.12 bits per heavy atom. The van der Waals surface area contributed by atoms with Crippen LogP contribution in [0.15, 0.2) is 40.3 Å². The maximum atomic E-state index is 13.4. The highest BCUT2D eigenvalue weighted by molar-refractivity contribution is 5.93.